The molecule has 0 amide bonds. The summed E-state index contributed by atoms with van der Waals surface area (Å²) >= 11 is 0. The first-order chi connectivity index (χ1) is 10.3. The van der Waals surface area contributed by atoms with Crippen molar-refractivity contribution in [1.29, 1.82) is 0 Å². The number of hydrogen-bond donors (Lipinski definition) is 2. The third-order valence-corrected chi connectivity index (χ3v) is 2.92. The number of rotatable bonds is 6. The molecule has 0 fully saturated rings. The molecule has 2 aromatic rings. The van der Waals surface area contributed by atoms with Crippen LogP contribution in [0, 0.1) is 0 Å². The molecule has 0 aliphatic rings. The molecule has 21 heavy (non-hydrogen) atoms. The quantitative estimate of drug-likeness (QED) is 0.682. The lowest BCUT2D eigenvalue weighted by atomic mass is 10.2. The number of hydrogen-bond acceptors (Lipinski definition) is 2. The smallest absolute Gasteiger partial charge is 0.0385 e. The van der Waals surface area contributed by atoms with Crippen LogP contribution in [0.1, 0.15) is 6.92 Å². The standard InChI is InChI=1S/C19H20N2/c1-3-5-9-16(4-2)20-18-12-14-19(15-13-18)21-17-10-7-6-8-11-17/h3-15,20-21H,2H2,1H3/b5-3-,16-9+. The van der Waals surface area contributed by atoms with Crippen molar-refractivity contribution in [3.05, 3.63) is 91.2 Å². The SMILES string of the molecule is C=C/C(=C\C=C/C)Nc1ccc(Nc2ccccc2)cc1. The van der Waals surface area contributed by atoms with E-state index in [2.05, 4.69) is 17.2 Å². The van der Waals surface area contributed by atoms with Crippen molar-refractivity contribution >= 4 is 17.1 Å². The van der Waals surface area contributed by atoms with Crippen LogP contribution in [0.25, 0.3) is 0 Å². The van der Waals surface area contributed by atoms with E-state index in [1.807, 2.05) is 79.7 Å². The molecule has 0 radical (unpaired) electrons. The molecule has 0 aliphatic heterocycles. The zero-order valence-electron chi connectivity index (χ0n) is 12.2. The van der Waals surface area contributed by atoms with Crippen molar-refractivity contribution < 1.29 is 0 Å². The number of anilines is 3. The van der Waals surface area contributed by atoms with Crippen molar-refractivity contribution in [1.82, 2.24) is 0 Å². The maximum absolute atomic E-state index is 3.81. The van der Waals surface area contributed by atoms with E-state index in [1.165, 1.54) is 0 Å². The van der Waals surface area contributed by atoms with Gasteiger partial charge in [0.25, 0.3) is 0 Å². The summed E-state index contributed by atoms with van der Waals surface area (Å²) in [5.41, 5.74) is 4.14. The molecular formula is C19H20N2. The second-order valence-corrected chi connectivity index (χ2v) is 4.55. The summed E-state index contributed by atoms with van der Waals surface area (Å²) in [5.74, 6) is 0. The topological polar surface area (TPSA) is 24.1 Å². The van der Waals surface area contributed by atoms with Gasteiger partial charge < -0.3 is 10.6 Å². The van der Waals surface area contributed by atoms with Gasteiger partial charge in [0.15, 0.2) is 0 Å². The number of benzene rings is 2. The predicted molar refractivity (Wildman–Crippen MR) is 92.9 cm³/mol. The van der Waals surface area contributed by atoms with E-state index in [1.54, 1.807) is 6.08 Å². The van der Waals surface area contributed by atoms with Crippen LogP contribution < -0.4 is 10.6 Å². The first-order valence-electron chi connectivity index (χ1n) is 6.96. The summed E-state index contributed by atoms with van der Waals surface area (Å²) in [7, 11) is 0. The van der Waals surface area contributed by atoms with E-state index in [-0.39, 0.29) is 0 Å². The third-order valence-electron chi connectivity index (χ3n) is 2.92. The van der Waals surface area contributed by atoms with Gasteiger partial charge >= 0.3 is 0 Å². The van der Waals surface area contributed by atoms with Gasteiger partial charge in [0, 0.05) is 22.8 Å². The molecule has 0 bridgehead atoms. The average Bonchev–Trinajstić information content (AvgIpc) is 2.54. The molecular weight excluding hydrogens is 256 g/mol. The van der Waals surface area contributed by atoms with Crippen LogP contribution in [-0.2, 0) is 0 Å². The van der Waals surface area contributed by atoms with Crippen molar-refractivity contribution in [2.45, 2.75) is 6.92 Å². The molecule has 2 nitrogen and oxygen atoms in total. The van der Waals surface area contributed by atoms with Crippen molar-refractivity contribution in [2.24, 2.45) is 0 Å². The minimum absolute atomic E-state index is 0.969. The normalized spacial score (nSPS) is 11.4. The lowest BCUT2D eigenvalue weighted by Crippen LogP contribution is -1.96. The van der Waals surface area contributed by atoms with Gasteiger partial charge in [-0.05, 0) is 55.5 Å². The second-order valence-electron chi connectivity index (χ2n) is 4.55. The molecule has 0 aromatic heterocycles. The van der Waals surface area contributed by atoms with E-state index in [4.69, 9.17) is 0 Å². The number of nitrogens with one attached hydrogen (secondary N) is 2. The van der Waals surface area contributed by atoms with Gasteiger partial charge in [0.05, 0.1) is 0 Å². The Morgan fingerprint density at radius 1 is 0.905 bits per heavy atom. The van der Waals surface area contributed by atoms with Crippen molar-refractivity contribution in [3.8, 4) is 0 Å². The van der Waals surface area contributed by atoms with Gasteiger partial charge in [-0.25, -0.2) is 0 Å². The van der Waals surface area contributed by atoms with Gasteiger partial charge in [-0.2, -0.15) is 0 Å². The molecule has 2 heteroatoms. The third kappa shape index (κ3) is 4.69. The van der Waals surface area contributed by atoms with Crippen LogP contribution in [0.4, 0.5) is 17.1 Å². The van der Waals surface area contributed by atoms with Gasteiger partial charge in [-0.3, -0.25) is 0 Å². The zero-order valence-corrected chi connectivity index (χ0v) is 12.2. The van der Waals surface area contributed by atoms with Gasteiger partial charge in [-0.15, -0.1) is 0 Å². The minimum atomic E-state index is 0.969. The Labute approximate surface area is 126 Å². The summed E-state index contributed by atoms with van der Waals surface area (Å²) in [5, 5.41) is 6.68. The van der Waals surface area contributed by atoms with E-state index < -0.39 is 0 Å². The average molecular weight is 276 g/mol. The summed E-state index contributed by atoms with van der Waals surface area (Å²) in [4.78, 5) is 0. The number of para-hydroxylation sites is 1. The van der Waals surface area contributed by atoms with Crippen molar-refractivity contribution in [2.75, 3.05) is 10.6 Å². The predicted octanol–water partition coefficient (Wildman–Crippen LogP) is 5.49. The number of allylic oxidation sites excluding steroid dienone is 4. The summed E-state index contributed by atoms with van der Waals surface area (Å²) in [6, 6.07) is 18.3. The Hall–Kier alpha value is -2.74. The largest absolute Gasteiger partial charge is 0.356 e. The maximum Gasteiger partial charge on any atom is 0.0385 e. The highest BCUT2D eigenvalue weighted by Crippen LogP contribution is 2.19. The lowest BCUT2D eigenvalue weighted by Gasteiger charge is -2.09. The van der Waals surface area contributed by atoms with Crippen LogP contribution in [0.5, 0.6) is 0 Å². The highest BCUT2D eigenvalue weighted by atomic mass is 14.9. The highest BCUT2D eigenvalue weighted by molar-refractivity contribution is 5.63. The molecule has 2 N–H and O–H groups in total. The Balaban J connectivity index is 2.03. The summed E-state index contributed by atoms with van der Waals surface area (Å²) in [6.07, 6.45) is 7.76. The monoisotopic (exact) mass is 276 g/mol. The van der Waals surface area contributed by atoms with Crippen LogP contribution >= 0.6 is 0 Å². The fourth-order valence-electron chi connectivity index (χ4n) is 1.85. The molecule has 0 heterocycles. The van der Waals surface area contributed by atoms with E-state index >= 15 is 0 Å². The zero-order chi connectivity index (χ0) is 14.9. The van der Waals surface area contributed by atoms with E-state index in [9.17, 15) is 0 Å². The molecule has 0 saturated carbocycles. The van der Waals surface area contributed by atoms with Crippen LogP contribution in [0.15, 0.2) is 91.2 Å². The molecule has 0 atom stereocenters. The Bertz CT molecular complexity index is 622. The van der Waals surface area contributed by atoms with Crippen LogP contribution in [-0.4, -0.2) is 0 Å². The highest BCUT2D eigenvalue weighted by Gasteiger charge is 1.96. The Morgan fingerprint density at radius 3 is 2.14 bits per heavy atom. The molecule has 2 rings (SSSR count). The fraction of sp³-hybridized carbons (Fsp3) is 0.0526. The second kappa shape index (κ2) is 7.75. The molecule has 0 saturated heterocycles. The Kier molecular flexibility index (Phi) is 5.41. The molecule has 0 unspecified atom stereocenters. The lowest BCUT2D eigenvalue weighted by molar-refractivity contribution is 1.46. The maximum atomic E-state index is 3.81. The van der Waals surface area contributed by atoms with Gasteiger partial charge in [0.1, 0.15) is 0 Å². The molecule has 106 valence electrons. The van der Waals surface area contributed by atoms with Gasteiger partial charge in [-0.1, -0.05) is 36.9 Å². The first-order valence-corrected chi connectivity index (χ1v) is 6.96. The van der Waals surface area contributed by atoms with Crippen molar-refractivity contribution in [3.63, 3.8) is 0 Å². The molecule has 2 aromatic carbocycles. The van der Waals surface area contributed by atoms with Crippen LogP contribution in [0.3, 0.4) is 0 Å². The first kappa shape index (κ1) is 14.7. The van der Waals surface area contributed by atoms with E-state index in [0.29, 0.717) is 0 Å². The summed E-state index contributed by atoms with van der Waals surface area (Å²) < 4.78 is 0. The fourth-order valence-corrected chi connectivity index (χ4v) is 1.85. The molecule has 0 aliphatic carbocycles. The minimum Gasteiger partial charge on any atom is -0.356 e. The van der Waals surface area contributed by atoms with Crippen LogP contribution in [0.2, 0.25) is 0 Å². The molecule has 0 spiro atoms. The van der Waals surface area contributed by atoms with Gasteiger partial charge in [0.2, 0.25) is 0 Å². The summed E-state index contributed by atoms with van der Waals surface area (Å²) in [6.45, 7) is 5.79. The Morgan fingerprint density at radius 2 is 1.52 bits per heavy atom. The van der Waals surface area contributed by atoms with E-state index in [0.717, 1.165) is 22.8 Å².